The van der Waals surface area contributed by atoms with Crippen LogP contribution in [-0.4, -0.2) is 0 Å². The van der Waals surface area contributed by atoms with Gasteiger partial charge in [-0.1, -0.05) is 121 Å². The van der Waals surface area contributed by atoms with Crippen LogP contribution in [0.5, 0.6) is 0 Å². The highest BCUT2D eigenvalue weighted by molar-refractivity contribution is 6.22. The molecule has 12 rings (SSSR count). The van der Waals surface area contributed by atoms with Crippen molar-refractivity contribution in [3.8, 4) is 33.4 Å². The van der Waals surface area contributed by atoms with Crippen LogP contribution in [0.1, 0.15) is 43.2 Å². The topological polar surface area (TPSA) is 0 Å². The van der Waals surface area contributed by atoms with E-state index in [9.17, 15) is 0 Å². The second-order valence-corrected chi connectivity index (χ2v) is 14.9. The molecule has 1 spiro atoms. The first-order valence-corrected chi connectivity index (χ1v) is 17.5. The number of hydrogen-bond acceptors (Lipinski definition) is 0. The Bertz CT molecular complexity index is 2290. The van der Waals surface area contributed by atoms with Gasteiger partial charge in [0.15, 0.2) is 0 Å². The first-order chi connectivity index (χ1) is 22.8. The van der Waals surface area contributed by atoms with E-state index in [1.54, 1.807) is 11.1 Å². The smallest absolute Gasteiger partial charge is 0.0278 e. The summed E-state index contributed by atoms with van der Waals surface area (Å²) in [6.07, 6.45) is 7.03. The van der Waals surface area contributed by atoms with Crippen LogP contribution in [0.4, 0.5) is 0 Å². The molecule has 0 radical (unpaired) electrons. The van der Waals surface area contributed by atoms with Crippen LogP contribution in [0.3, 0.4) is 0 Å². The summed E-state index contributed by atoms with van der Waals surface area (Å²) in [7, 11) is 0. The predicted molar refractivity (Wildman–Crippen MR) is 193 cm³/mol. The van der Waals surface area contributed by atoms with Crippen molar-refractivity contribution in [2.75, 3.05) is 0 Å². The van der Waals surface area contributed by atoms with Gasteiger partial charge in [-0.05, 0) is 145 Å². The maximum atomic E-state index is 2.63. The Labute approximate surface area is 270 Å². The molecule has 4 saturated carbocycles. The van der Waals surface area contributed by atoms with Gasteiger partial charge < -0.3 is 0 Å². The first-order valence-electron chi connectivity index (χ1n) is 17.5. The Kier molecular flexibility index (Phi) is 5.10. The molecule has 5 aliphatic rings. The van der Waals surface area contributed by atoms with E-state index in [4.69, 9.17) is 0 Å². The van der Waals surface area contributed by atoms with Crippen molar-refractivity contribution in [1.82, 2.24) is 0 Å². The van der Waals surface area contributed by atoms with Crippen molar-refractivity contribution in [3.05, 3.63) is 145 Å². The third-order valence-electron chi connectivity index (χ3n) is 12.8. The number of benzene rings is 7. The monoisotopic (exact) mass is 588 g/mol. The minimum absolute atomic E-state index is 0.0824. The van der Waals surface area contributed by atoms with Gasteiger partial charge in [-0.2, -0.15) is 0 Å². The fraction of sp³-hybridized carbons (Fsp3) is 0.217. The molecule has 0 saturated heterocycles. The molecule has 7 aromatic carbocycles. The van der Waals surface area contributed by atoms with Crippen LogP contribution in [0.15, 0.2) is 133 Å². The molecular formula is C46H36. The van der Waals surface area contributed by atoms with Crippen LogP contribution >= 0.6 is 0 Å². The quantitative estimate of drug-likeness (QED) is 0.176. The Hall–Kier alpha value is -4.68. The zero-order valence-electron chi connectivity index (χ0n) is 26.0. The lowest BCUT2D eigenvalue weighted by Crippen LogP contribution is -2.55. The number of hydrogen-bond donors (Lipinski definition) is 0. The maximum absolute atomic E-state index is 2.63. The van der Waals surface area contributed by atoms with Gasteiger partial charge in [-0.15, -0.1) is 0 Å². The predicted octanol–water partition coefficient (Wildman–Crippen LogP) is 12.2. The number of fused-ring (bicyclic) bond motifs is 6. The van der Waals surface area contributed by atoms with Gasteiger partial charge in [-0.25, -0.2) is 0 Å². The summed E-state index contributed by atoms with van der Waals surface area (Å²) in [6, 6.07) is 51.0. The average molecular weight is 589 g/mol. The van der Waals surface area contributed by atoms with E-state index in [1.165, 1.54) is 97.8 Å². The molecule has 0 atom stereocenters. The largest absolute Gasteiger partial charge is 0.0622 e. The standard InChI is InChI=1S/C46H36/c1-2-11-30(12-3-1)43-35-15-6-8-17-37(35)44(38-18-9-7-16-36(38)43)40-20-10-19-39-41-26-31-13-4-5-14-32(31)27-42(41)46(45(39)40)33-22-28-21-29(24-33)25-34(46)23-28/h1-20,26-29,33-34H,21-25H2. The van der Waals surface area contributed by atoms with Crippen molar-refractivity contribution >= 4 is 32.3 Å². The molecule has 46 heavy (non-hydrogen) atoms. The number of rotatable bonds is 2. The summed E-state index contributed by atoms with van der Waals surface area (Å²) < 4.78 is 0. The summed E-state index contributed by atoms with van der Waals surface area (Å²) in [5.41, 5.74) is 11.9. The SMILES string of the molecule is c1ccc(-c2c3ccccc3c(-c3cccc4c3C3(c5cc6ccccc6cc5-4)C4CC5CC(C4)CC3C5)c3ccccc23)cc1. The van der Waals surface area contributed by atoms with Gasteiger partial charge in [0.2, 0.25) is 0 Å². The minimum atomic E-state index is 0.0824. The normalized spacial score (nSPS) is 25.5. The molecule has 220 valence electrons. The second-order valence-electron chi connectivity index (χ2n) is 14.9. The Morgan fingerprint density at radius 3 is 1.57 bits per heavy atom. The summed E-state index contributed by atoms with van der Waals surface area (Å²) in [5, 5.41) is 8.19. The van der Waals surface area contributed by atoms with Crippen molar-refractivity contribution in [1.29, 1.82) is 0 Å². The van der Waals surface area contributed by atoms with E-state index in [1.807, 2.05) is 0 Å². The third-order valence-corrected chi connectivity index (χ3v) is 12.8. The van der Waals surface area contributed by atoms with Gasteiger partial charge in [0, 0.05) is 5.41 Å². The fourth-order valence-corrected chi connectivity index (χ4v) is 11.5. The van der Waals surface area contributed by atoms with Gasteiger partial charge in [0.25, 0.3) is 0 Å². The third kappa shape index (κ3) is 3.20. The van der Waals surface area contributed by atoms with E-state index < -0.39 is 0 Å². The molecule has 0 N–H and O–H groups in total. The van der Waals surface area contributed by atoms with Crippen molar-refractivity contribution in [2.24, 2.45) is 23.7 Å². The van der Waals surface area contributed by atoms with Gasteiger partial charge in [0.1, 0.15) is 0 Å². The molecule has 0 heteroatoms. The minimum Gasteiger partial charge on any atom is -0.0622 e. The maximum Gasteiger partial charge on any atom is 0.0278 e. The summed E-state index contributed by atoms with van der Waals surface area (Å²) in [5.74, 6) is 3.26. The summed E-state index contributed by atoms with van der Waals surface area (Å²) in [4.78, 5) is 0. The summed E-state index contributed by atoms with van der Waals surface area (Å²) in [6.45, 7) is 0. The lowest BCUT2D eigenvalue weighted by atomic mass is 9.42. The molecule has 5 aliphatic carbocycles. The molecular weight excluding hydrogens is 553 g/mol. The van der Waals surface area contributed by atoms with E-state index >= 15 is 0 Å². The molecule has 4 fully saturated rings. The lowest BCUT2D eigenvalue weighted by molar-refractivity contribution is -0.0396. The molecule has 7 aromatic rings. The van der Waals surface area contributed by atoms with E-state index in [0.29, 0.717) is 11.8 Å². The molecule has 0 heterocycles. The van der Waals surface area contributed by atoms with Crippen LogP contribution in [0.2, 0.25) is 0 Å². The summed E-state index contributed by atoms with van der Waals surface area (Å²) >= 11 is 0. The second kappa shape index (κ2) is 9.20. The molecule has 0 unspecified atom stereocenters. The van der Waals surface area contributed by atoms with Crippen molar-refractivity contribution in [2.45, 2.75) is 37.5 Å². The molecule has 0 aromatic heterocycles. The van der Waals surface area contributed by atoms with Gasteiger partial charge in [0.05, 0.1) is 0 Å². The van der Waals surface area contributed by atoms with Gasteiger partial charge in [-0.3, -0.25) is 0 Å². The molecule has 0 amide bonds. The Balaban J connectivity index is 1.29. The molecule has 4 bridgehead atoms. The zero-order valence-corrected chi connectivity index (χ0v) is 26.0. The van der Waals surface area contributed by atoms with Crippen molar-refractivity contribution < 1.29 is 0 Å². The highest BCUT2D eigenvalue weighted by atomic mass is 14.7. The highest BCUT2D eigenvalue weighted by Gasteiger charge is 2.62. The fourth-order valence-electron chi connectivity index (χ4n) is 11.5. The lowest BCUT2D eigenvalue weighted by Gasteiger charge is -2.61. The highest BCUT2D eigenvalue weighted by Crippen LogP contribution is 2.71. The first kappa shape index (κ1) is 25.5. The van der Waals surface area contributed by atoms with E-state index in [-0.39, 0.29) is 5.41 Å². The van der Waals surface area contributed by atoms with Crippen LogP contribution in [-0.2, 0) is 5.41 Å². The average Bonchev–Trinajstić information content (AvgIpc) is 3.38. The molecule has 0 nitrogen and oxygen atoms in total. The Morgan fingerprint density at radius 1 is 0.413 bits per heavy atom. The van der Waals surface area contributed by atoms with Crippen LogP contribution in [0, 0.1) is 23.7 Å². The van der Waals surface area contributed by atoms with Crippen molar-refractivity contribution in [3.63, 3.8) is 0 Å². The molecule has 0 aliphatic heterocycles. The van der Waals surface area contributed by atoms with Gasteiger partial charge >= 0.3 is 0 Å². The van der Waals surface area contributed by atoms with Crippen LogP contribution in [0.25, 0.3) is 65.7 Å². The van der Waals surface area contributed by atoms with E-state index in [2.05, 4.69) is 133 Å². The zero-order chi connectivity index (χ0) is 30.0. The Morgan fingerprint density at radius 2 is 0.935 bits per heavy atom. The van der Waals surface area contributed by atoms with Crippen LogP contribution < -0.4 is 0 Å². The van der Waals surface area contributed by atoms with E-state index in [0.717, 1.165) is 11.8 Å².